The molecule has 6 heteroatoms. The summed E-state index contributed by atoms with van der Waals surface area (Å²) in [6.45, 7) is 2.41. The number of methoxy groups -OCH3 is 1. The number of hydrogen-bond acceptors (Lipinski definition) is 4. The van der Waals surface area contributed by atoms with Crippen molar-refractivity contribution in [2.24, 2.45) is 0 Å². The van der Waals surface area contributed by atoms with E-state index in [2.05, 4.69) is 26.2 Å². The van der Waals surface area contributed by atoms with E-state index in [1.54, 1.807) is 36.6 Å². The van der Waals surface area contributed by atoms with E-state index in [-0.39, 0.29) is 5.91 Å². The average Bonchev–Trinajstić information content (AvgIpc) is 3.01. The van der Waals surface area contributed by atoms with Crippen LogP contribution in [0.4, 0.5) is 0 Å². The van der Waals surface area contributed by atoms with Gasteiger partial charge in [0.15, 0.2) is 0 Å². The van der Waals surface area contributed by atoms with Crippen molar-refractivity contribution in [3.05, 3.63) is 69.1 Å². The van der Waals surface area contributed by atoms with Crippen molar-refractivity contribution >= 4 is 33.2 Å². The topological polar surface area (TPSA) is 51.2 Å². The quantitative estimate of drug-likeness (QED) is 0.648. The predicted octanol–water partition coefficient (Wildman–Crippen LogP) is 4.82. The number of nitrogens with zero attached hydrogens (tertiary/aromatic N) is 1. The van der Waals surface area contributed by atoms with E-state index in [1.807, 2.05) is 37.3 Å². The highest BCUT2D eigenvalue weighted by atomic mass is 79.9. The van der Waals surface area contributed by atoms with Gasteiger partial charge in [-0.15, -0.1) is 11.3 Å². The van der Waals surface area contributed by atoms with E-state index < -0.39 is 0 Å². The normalized spacial score (nSPS) is 10.5. The first kappa shape index (κ1) is 17.6. The van der Waals surface area contributed by atoms with Gasteiger partial charge in [0, 0.05) is 14.9 Å². The molecule has 0 aliphatic carbocycles. The van der Waals surface area contributed by atoms with Crippen molar-refractivity contribution in [3.63, 3.8) is 0 Å². The largest absolute Gasteiger partial charge is 0.497 e. The maximum atomic E-state index is 12.5. The van der Waals surface area contributed by atoms with Gasteiger partial charge in [0.25, 0.3) is 5.91 Å². The number of aryl methyl sites for hydroxylation is 1. The Morgan fingerprint density at radius 2 is 2.00 bits per heavy atom. The molecule has 0 saturated heterocycles. The van der Waals surface area contributed by atoms with Crippen molar-refractivity contribution in [2.45, 2.75) is 13.5 Å². The highest BCUT2D eigenvalue weighted by Gasteiger charge is 2.14. The molecule has 0 radical (unpaired) electrons. The molecule has 128 valence electrons. The molecule has 1 amide bonds. The first-order chi connectivity index (χ1) is 12.1. The molecular formula is C19H17BrN2O2S. The Balaban J connectivity index is 1.74. The molecule has 0 aliphatic rings. The summed E-state index contributed by atoms with van der Waals surface area (Å²) in [6.07, 6.45) is 0. The smallest absolute Gasteiger partial charge is 0.252 e. The van der Waals surface area contributed by atoms with Gasteiger partial charge in [0.2, 0.25) is 0 Å². The summed E-state index contributed by atoms with van der Waals surface area (Å²) in [6, 6.07) is 15.4. The van der Waals surface area contributed by atoms with Gasteiger partial charge in [-0.3, -0.25) is 4.79 Å². The number of ether oxygens (including phenoxy) is 1. The molecule has 0 fully saturated rings. The minimum atomic E-state index is -0.153. The lowest BCUT2D eigenvalue weighted by atomic mass is 10.2. The summed E-state index contributed by atoms with van der Waals surface area (Å²) in [5.74, 6) is 0.494. The van der Waals surface area contributed by atoms with E-state index in [0.717, 1.165) is 25.6 Å². The molecule has 3 aromatic rings. The van der Waals surface area contributed by atoms with Crippen molar-refractivity contribution in [1.82, 2.24) is 10.3 Å². The molecule has 0 unspecified atom stereocenters. The summed E-state index contributed by atoms with van der Waals surface area (Å²) in [5, 5.41) is 3.92. The first-order valence-electron chi connectivity index (χ1n) is 7.72. The van der Waals surface area contributed by atoms with Crippen molar-refractivity contribution in [3.8, 4) is 16.3 Å². The molecule has 0 aliphatic heterocycles. The number of carbonyl (C=O) groups is 1. The second kappa shape index (κ2) is 7.80. The molecule has 0 atom stereocenters. The van der Waals surface area contributed by atoms with Crippen LogP contribution < -0.4 is 10.1 Å². The molecule has 1 N–H and O–H groups in total. The Kier molecular flexibility index (Phi) is 5.50. The Hall–Kier alpha value is -2.18. The van der Waals surface area contributed by atoms with Crippen LogP contribution in [0.2, 0.25) is 0 Å². The lowest BCUT2D eigenvalue weighted by Crippen LogP contribution is -2.23. The van der Waals surface area contributed by atoms with Gasteiger partial charge in [0.05, 0.1) is 24.9 Å². The van der Waals surface area contributed by atoms with Gasteiger partial charge >= 0.3 is 0 Å². The highest BCUT2D eigenvalue weighted by Crippen LogP contribution is 2.28. The zero-order chi connectivity index (χ0) is 17.8. The number of amides is 1. The monoisotopic (exact) mass is 416 g/mol. The third kappa shape index (κ3) is 4.08. The van der Waals surface area contributed by atoms with E-state index in [9.17, 15) is 4.79 Å². The molecule has 1 aromatic heterocycles. The standard InChI is InChI=1S/C19H17BrN2O2S/c1-12-17(25-19(22-12)13-6-4-3-5-7-13)11-21-18(23)15-10-14(24-2)8-9-16(15)20/h3-10H,11H2,1-2H3,(H,21,23). The summed E-state index contributed by atoms with van der Waals surface area (Å²) in [4.78, 5) is 18.1. The maximum absolute atomic E-state index is 12.5. The summed E-state index contributed by atoms with van der Waals surface area (Å²) in [5.41, 5.74) is 2.57. The van der Waals surface area contributed by atoms with Gasteiger partial charge in [-0.25, -0.2) is 4.98 Å². The van der Waals surface area contributed by atoms with Gasteiger partial charge in [-0.05, 0) is 41.1 Å². The third-order valence-electron chi connectivity index (χ3n) is 3.74. The van der Waals surface area contributed by atoms with Crippen LogP contribution in [0.5, 0.6) is 5.75 Å². The lowest BCUT2D eigenvalue weighted by molar-refractivity contribution is 0.0950. The van der Waals surface area contributed by atoms with Crippen LogP contribution >= 0.6 is 27.3 Å². The minimum Gasteiger partial charge on any atom is -0.497 e. The molecule has 4 nitrogen and oxygen atoms in total. The molecule has 25 heavy (non-hydrogen) atoms. The summed E-state index contributed by atoms with van der Waals surface area (Å²) < 4.78 is 5.92. The lowest BCUT2D eigenvalue weighted by Gasteiger charge is -2.08. The Morgan fingerprint density at radius 3 is 2.72 bits per heavy atom. The van der Waals surface area contributed by atoms with Crippen molar-refractivity contribution < 1.29 is 9.53 Å². The van der Waals surface area contributed by atoms with Crippen LogP contribution in [0.3, 0.4) is 0 Å². The fourth-order valence-electron chi connectivity index (χ4n) is 2.36. The van der Waals surface area contributed by atoms with Gasteiger partial charge in [0.1, 0.15) is 10.8 Å². The van der Waals surface area contributed by atoms with Gasteiger partial charge in [-0.2, -0.15) is 0 Å². The number of thiazole rings is 1. The number of benzene rings is 2. The third-order valence-corrected chi connectivity index (χ3v) is 5.64. The van der Waals surface area contributed by atoms with E-state index >= 15 is 0 Å². The van der Waals surface area contributed by atoms with Crippen LogP contribution in [-0.2, 0) is 6.54 Å². The number of hydrogen-bond donors (Lipinski definition) is 1. The zero-order valence-electron chi connectivity index (χ0n) is 13.9. The Bertz CT molecular complexity index is 894. The number of nitrogens with one attached hydrogen (secondary N) is 1. The molecule has 1 heterocycles. The average molecular weight is 417 g/mol. The van der Waals surface area contributed by atoms with Crippen LogP contribution in [0.1, 0.15) is 20.9 Å². The van der Waals surface area contributed by atoms with E-state index in [4.69, 9.17) is 4.74 Å². The molecular weight excluding hydrogens is 400 g/mol. The molecule has 2 aromatic carbocycles. The molecule has 0 spiro atoms. The Morgan fingerprint density at radius 1 is 1.24 bits per heavy atom. The van der Waals surface area contributed by atoms with Crippen LogP contribution in [0, 0.1) is 6.92 Å². The fourth-order valence-corrected chi connectivity index (χ4v) is 3.79. The second-order valence-corrected chi connectivity index (χ2v) is 7.36. The second-order valence-electron chi connectivity index (χ2n) is 5.42. The predicted molar refractivity (Wildman–Crippen MR) is 104 cm³/mol. The number of halogens is 1. The number of aromatic nitrogens is 1. The molecule has 0 bridgehead atoms. The van der Waals surface area contributed by atoms with Crippen LogP contribution in [0.25, 0.3) is 10.6 Å². The van der Waals surface area contributed by atoms with Crippen molar-refractivity contribution in [1.29, 1.82) is 0 Å². The maximum Gasteiger partial charge on any atom is 0.252 e. The van der Waals surface area contributed by atoms with Crippen molar-refractivity contribution in [2.75, 3.05) is 7.11 Å². The van der Waals surface area contributed by atoms with E-state index in [1.165, 1.54) is 0 Å². The Labute approximate surface area is 159 Å². The van der Waals surface area contributed by atoms with Gasteiger partial charge in [-0.1, -0.05) is 30.3 Å². The fraction of sp³-hybridized carbons (Fsp3) is 0.158. The van der Waals surface area contributed by atoms with E-state index in [0.29, 0.717) is 17.9 Å². The van der Waals surface area contributed by atoms with Gasteiger partial charge < -0.3 is 10.1 Å². The first-order valence-corrected chi connectivity index (χ1v) is 9.33. The molecule has 0 saturated carbocycles. The van der Waals surface area contributed by atoms with Crippen LogP contribution in [0.15, 0.2) is 53.0 Å². The minimum absolute atomic E-state index is 0.153. The summed E-state index contributed by atoms with van der Waals surface area (Å²) >= 11 is 5.01. The summed E-state index contributed by atoms with van der Waals surface area (Å²) in [7, 11) is 1.58. The van der Waals surface area contributed by atoms with Crippen LogP contribution in [-0.4, -0.2) is 18.0 Å². The number of rotatable bonds is 5. The molecule has 3 rings (SSSR count). The SMILES string of the molecule is COc1ccc(Br)c(C(=O)NCc2sc(-c3ccccc3)nc2C)c1. The highest BCUT2D eigenvalue weighted by molar-refractivity contribution is 9.10. The number of carbonyl (C=O) groups excluding carboxylic acids is 1. The zero-order valence-corrected chi connectivity index (χ0v) is 16.3.